The SMILES string of the molecule is CCc1ccccc1C(=O)C(O)(O)c1ccccc1. The third-order valence-electron chi connectivity index (χ3n) is 3.14. The van der Waals surface area contributed by atoms with E-state index in [1.807, 2.05) is 19.1 Å². The van der Waals surface area contributed by atoms with Crippen molar-refractivity contribution in [1.29, 1.82) is 0 Å². The lowest BCUT2D eigenvalue weighted by Crippen LogP contribution is -2.36. The standard InChI is InChI=1S/C16H16O3/c1-2-12-8-6-7-11-14(12)15(17)16(18,19)13-9-4-3-5-10-13/h3-11,18-19H,2H2,1H3. The second-order valence-corrected chi connectivity index (χ2v) is 4.38. The molecular weight excluding hydrogens is 240 g/mol. The van der Waals surface area contributed by atoms with Gasteiger partial charge in [0.25, 0.3) is 5.79 Å². The lowest BCUT2D eigenvalue weighted by molar-refractivity contribution is -0.128. The zero-order valence-electron chi connectivity index (χ0n) is 10.7. The molecule has 0 saturated carbocycles. The van der Waals surface area contributed by atoms with Crippen LogP contribution in [0.5, 0.6) is 0 Å². The molecule has 2 aromatic rings. The number of hydrogen-bond donors (Lipinski definition) is 2. The summed E-state index contributed by atoms with van der Waals surface area (Å²) in [5.74, 6) is -3.19. The van der Waals surface area contributed by atoms with Gasteiger partial charge in [0, 0.05) is 11.1 Å². The Bertz CT molecular complexity index is 574. The smallest absolute Gasteiger partial charge is 0.256 e. The molecule has 3 nitrogen and oxygen atoms in total. The first-order chi connectivity index (χ1) is 9.07. The average molecular weight is 256 g/mol. The molecule has 3 heteroatoms. The van der Waals surface area contributed by atoms with Crippen molar-refractivity contribution in [3.8, 4) is 0 Å². The van der Waals surface area contributed by atoms with E-state index in [-0.39, 0.29) is 5.56 Å². The van der Waals surface area contributed by atoms with Crippen molar-refractivity contribution >= 4 is 5.78 Å². The van der Waals surface area contributed by atoms with Crippen LogP contribution < -0.4 is 0 Å². The van der Waals surface area contributed by atoms with E-state index in [1.54, 1.807) is 30.3 Å². The van der Waals surface area contributed by atoms with Gasteiger partial charge in [0.2, 0.25) is 5.78 Å². The monoisotopic (exact) mass is 256 g/mol. The highest BCUT2D eigenvalue weighted by atomic mass is 16.5. The van der Waals surface area contributed by atoms with E-state index in [2.05, 4.69) is 0 Å². The van der Waals surface area contributed by atoms with Gasteiger partial charge in [-0.15, -0.1) is 0 Å². The van der Waals surface area contributed by atoms with Crippen LogP contribution in [0.25, 0.3) is 0 Å². The number of Topliss-reactive ketones (excluding diaryl/α,β-unsaturated/α-hetero) is 1. The summed E-state index contributed by atoms with van der Waals surface area (Å²) in [7, 11) is 0. The number of aryl methyl sites for hydroxylation is 1. The highest BCUT2D eigenvalue weighted by Crippen LogP contribution is 2.24. The topological polar surface area (TPSA) is 57.5 Å². The lowest BCUT2D eigenvalue weighted by atomic mass is 9.92. The molecular formula is C16H16O3. The predicted octanol–water partition coefficient (Wildman–Crippen LogP) is 2.27. The summed E-state index contributed by atoms with van der Waals surface area (Å²) < 4.78 is 0. The van der Waals surface area contributed by atoms with Gasteiger partial charge in [0.1, 0.15) is 0 Å². The van der Waals surface area contributed by atoms with Crippen molar-refractivity contribution in [2.75, 3.05) is 0 Å². The number of benzene rings is 2. The Morgan fingerprint density at radius 1 is 1.00 bits per heavy atom. The molecule has 0 aliphatic heterocycles. The number of aliphatic hydroxyl groups is 2. The summed E-state index contributed by atoms with van der Waals surface area (Å²) in [6, 6.07) is 15.1. The molecule has 0 aliphatic rings. The van der Waals surface area contributed by atoms with Gasteiger partial charge in [-0.3, -0.25) is 4.79 Å². The van der Waals surface area contributed by atoms with E-state index in [1.165, 1.54) is 12.1 Å². The van der Waals surface area contributed by atoms with Crippen LogP contribution in [0.3, 0.4) is 0 Å². The van der Waals surface area contributed by atoms with E-state index < -0.39 is 11.6 Å². The van der Waals surface area contributed by atoms with Crippen molar-refractivity contribution in [2.24, 2.45) is 0 Å². The van der Waals surface area contributed by atoms with Crippen molar-refractivity contribution in [3.63, 3.8) is 0 Å². The molecule has 2 N–H and O–H groups in total. The summed E-state index contributed by atoms with van der Waals surface area (Å²) >= 11 is 0. The van der Waals surface area contributed by atoms with Gasteiger partial charge in [-0.25, -0.2) is 0 Å². The molecule has 0 fully saturated rings. The van der Waals surface area contributed by atoms with Gasteiger partial charge >= 0.3 is 0 Å². The highest BCUT2D eigenvalue weighted by Gasteiger charge is 2.36. The summed E-state index contributed by atoms with van der Waals surface area (Å²) in [5.41, 5.74) is 1.32. The van der Waals surface area contributed by atoms with E-state index in [0.29, 0.717) is 12.0 Å². The van der Waals surface area contributed by atoms with Crippen LogP contribution in [0.4, 0.5) is 0 Å². The van der Waals surface area contributed by atoms with Crippen LogP contribution in [0.15, 0.2) is 54.6 Å². The second-order valence-electron chi connectivity index (χ2n) is 4.38. The van der Waals surface area contributed by atoms with Crippen LogP contribution in [0, 0.1) is 0 Å². The zero-order valence-corrected chi connectivity index (χ0v) is 10.7. The third kappa shape index (κ3) is 2.57. The highest BCUT2D eigenvalue weighted by molar-refractivity contribution is 6.02. The fourth-order valence-corrected chi connectivity index (χ4v) is 2.04. The molecule has 19 heavy (non-hydrogen) atoms. The minimum absolute atomic E-state index is 0.172. The molecule has 0 heterocycles. The zero-order chi connectivity index (χ0) is 13.9. The van der Waals surface area contributed by atoms with Gasteiger partial charge in [0.05, 0.1) is 0 Å². The Morgan fingerprint density at radius 3 is 2.21 bits per heavy atom. The van der Waals surface area contributed by atoms with Gasteiger partial charge < -0.3 is 10.2 Å². The van der Waals surface area contributed by atoms with Crippen LogP contribution >= 0.6 is 0 Å². The van der Waals surface area contributed by atoms with Crippen molar-refractivity contribution < 1.29 is 15.0 Å². The van der Waals surface area contributed by atoms with Crippen molar-refractivity contribution in [1.82, 2.24) is 0 Å². The number of hydrogen-bond acceptors (Lipinski definition) is 3. The molecule has 0 spiro atoms. The number of rotatable bonds is 4. The second kappa shape index (κ2) is 5.34. The Kier molecular flexibility index (Phi) is 3.79. The Balaban J connectivity index is 2.44. The van der Waals surface area contributed by atoms with E-state index >= 15 is 0 Å². The normalized spacial score (nSPS) is 11.3. The molecule has 0 atom stereocenters. The summed E-state index contributed by atoms with van der Waals surface area (Å²) in [6.07, 6.45) is 0.660. The molecule has 0 bridgehead atoms. The van der Waals surface area contributed by atoms with Crippen molar-refractivity contribution in [2.45, 2.75) is 19.1 Å². The largest absolute Gasteiger partial charge is 0.356 e. The summed E-state index contributed by atoms with van der Waals surface area (Å²) in [6.45, 7) is 1.92. The Morgan fingerprint density at radius 2 is 1.58 bits per heavy atom. The van der Waals surface area contributed by atoms with E-state index in [9.17, 15) is 15.0 Å². The maximum absolute atomic E-state index is 12.3. The first kappa shape index (κ1) is 13.5. The van der Waals surface area contributed by atoms with Crippen LogP contribution in [0.2, 0.25) is 0 Å². The van der Waals surface area contributed by atoms with Crippen LogP contribution in [-0.2, 0) is 12.2 Å². The fraction of sp³-hybridized carbons (Fsp3) is 0.188. The molecule has 98 valence electrons. The molecule has 0 amide bonds. The molecule has 0 unspecified atom stereocenters. The van der Waals surface area contributed by atoms with Gasteiger partial charge in [-0.1, -0.05) is 61.5 Å². The first-order valence-corrected chi connectivity index (χ1v) is 6.20. The Labute approximate surface area is 112 Å². The number of carbonyl (C=O) groups excluding carboxylic acids is 1. The van der Waals surface area contributed by atoms with E-state index in [4.69, 9.17) is 0 Å². The molecule has 2 aromatic carbocycles. The maximum Gasteiger partial charge on any atom is 0.256 e. The number of ketones is 1. The molecule has 0 radical (unpaired) electrons. The van der Waals surface area contributed by atoms with Crippen LogP contribution in [0.1, 0.15) is 28.4 Å². The molecule has 2 rings (SSSR count). The average Bonchev–Trinajstić information content (AvgIpc) is 2.47. The van der Waals surface area contributed by atoms with Crippen molar-refractivity contribution in [3.05, 3.63) is 71.3 Å². The Hall–Kier alpha value is -1.97. The third-order valence-corrected chi connectivity index (χ3v) is 3.14. The number of carbonyl (C=O) groups is 1. The lowest BCUT2D eigenvalue weighted by Gasteiger charge is -2.21. The summed E-state index contributed by atoms with van der Waals surface area (Å²) in [5, 5.41) is 20.3. The maximum atomic E-state index is 12.3. The fourth-order valence-electron chi connectivity index (χ4n) is 2.04. The van der Waals surface area contributed by atoms with Crippen LogP contribution in [-0.4, -0.2) is 16.0 Å². The minimum atomic E-state index is -2.49. The molecule has 0 aliphatic carbocycles. The first-order valence-electron chi connectivity index (χ1n) is 6.20. The van der Waals surface area contributed by atoms with Gasteiger partial charge in [-0.05, 0) is 12.0 Å². The quantitative estimate of drug-likeness (QED) is 0.651. The molecule has 0 saturated heterocycles. The predicted molar refractivity (Wildman–Crippen MR) is 72.7 cm³/mol. The van der Waals surface area contributed by atoms with Gasteiger partial charge in [0.15, 0.2) is 0 Å². The molecule has 0 aromatic heterocycles. The van der Waals surface area contributed by atoms with Gasteiger partial charge in [-0.2, -0.15) is 0 Å². The summed E-state index contributed by atoms with van der Waals surface area (Å²) in [4.78, 5) is 12.3. The minimum Gasteiger partial charge on any atom is -0.356 e. The van der Waals surface area contributed by atoms with E-state index in [0.717, 1.165) is 5.56 Å².